The van der Waals surface area contributed by atoms with E-state index in [1.807, 2.05) is 65.1 Å². The molecule has 0 heterocycles. The van der Waals surface area contributed by atoms with E-state index in [1.165, 1.54) is 6.42 Å². The lowest BCUT2D eigenvalue weighted by Gasteiger charge is -2.37. The maximum absolute atomic E-state index is 13.0. The van der Waals surface area contributed by atoms with Crippen molar-refractivity contribution in [2.45, 2.75) is 58.8 Å². The Kier molecular flexibility index (Phi) is 9.17. The molecule has 5 heteroatoms. The molecule has 0 aliphatic heterocycles. The predicted octanol–water partition coefficient (Wildman–Crippen LogP) is 6.62. The van der Waals surface area contributed by atoms with Gasteiger partial charge >= 0.3 is 5.97 Å². The van der Waals surface area contributed by atoms with Gasteiger partial charge < -0.3 is 14.6 Å². The number of aliphatic hydroxyl groups is 1. The summed E-state index contributed by atoms with van der Waals surface area (Å²) in [7, 11) is 0. The highest BCUT2D eigenvalue weighted by Gasteiger charge is 2.35. The van der Waals surface area contributed by atoms with Crippen LogP contribution in [0.4, 0.5) is 0 Å². The van der Waals surface area contributed by atoms with Crippen LogP contribution in [0.25, 0.3) is 0 Å². The van der Waals surface area contributed by atoms with Crippen molar-refractivity contribution in [2.75, 3.05) is 0 Å². The zero-order chi connectivity index (χ0) is 23.1. The van der Waals surface area contributed by atoms with Crippen LogP contribution < -0.4 is 4.74 Å². The topological polar surface area (TPSA) is 55.8 Å². The number of carbonyl (C=O) groups excluding carboxylic acids is 1. The van der Waals surface area contributed by atoms with Crippen molar-refractivity contribution in [1.29, 1.82) is 0 Å². The Morgan fingerprint density at radius 2 is 1.81 bits per heavy atom. The molecule has 0 unspecified atom stereocenters. The predicted molar refractivity (Wildman–Crippen MR) is 136 cm³/mol. The summed E-state index contributed by atoms with van der Waals surface area (Å²) in [5.41, 5.74) is 1.99. The van der Waals surface area contributed by atoms with Crippen molar-refractivity contribution in [3.05, 3.63) is 75.4 Å². The first kappa shape index (κ1) is 24.8. The van der Waals surface area contributed by atoms with Gasteiger partial charge in [0.15, 0.2) is 0 Å². The van der Waals surface area contributed by atoms with Crippen molar-refractivity contribution in [3.8, 4) is 5.75 Å². The van der Waals surface area contributed by atoms with Gasteiger partial charge in [-0.15, -0.1) is 0 Å². The molecule has 0 spiro atoms. The van der Waals surface area contributed by atoms with Crippen LogP contribution in [0.2, 0.25) is 0 Å². The molecule has 1 fully saturated rings. The molecule has 1 aliphatic carbocycles. The first-order chi connectivity index (χ1) is 15.4. The summed E-state index contributed by atoms with van der Waals surface area (Å²) in [5.74, 6) is 1.65. The second-order valence-electron chi connectivity index (χ2n) is 9.08. The lowest BCUT2D eigenvalue weighted by atomic mass is 9.75. The fraction of sp³-hybridized carbons (Fsp3) is 0.444. The third kappa shape index (κ3) is 6.58. The van der Waals surface area contributed by atoms with Gasteiger partial charge in [0, 0.05) is 0 Å². The van der Waals surface area contributed by atoms with Gasteiger partial charge in [0.05, 0.1) is 5.57 Å². The van der Waals surface area contributed by atoms with E-state index in [-0.39, 0.29) is 11.7 Å². The van der Waals surface area contributed by atoms with Gasteiger partial charge in [-0.1, -0.05) is 92.2 Å². The van der Waals surface area contributed by atoms with E-state index in [4.69, 9.17) is 9.47 Å². The molecule has 3 rings (SSSR count). The van der Waals surface area contributed by atoms with E-state index in [1.54, 1.807) is 16.2 Å². The average molecular weight is 548 g/mol. The lowest BCUT2D eigenvalue weighted by Crippen LogP contribution is -2.36. The average Bonchev–Trinajstić information content (AvgIpc) is 2.79. The van der Waals surface area contributed by atoms with Crippen LogP contribution in [0.1, 0.15) is 57.3 Å². The summed E-state index contributed by atoms with van der Waals surface area (Å²) >= 11 is 2.00. The van der Waals surface area contributed by atoms with Gasteiger partial charge in [0.25, 0.3) is 0 Å². The van der Waals surface area contributed by atoms with Gasteiger partial charge in [0.1, 0.15) is 24.6 Å². The molecule has 172 valence electrons. The molecule has 32 heavy (non-hydrogen) atoms. The van der Waals surface area contributed by atoms with Gasteiger partial charge in [-0.25, -0.2) is 4.79 Å². The van der Waals surface area contributed by atoms with Crippen molar-refractivity contribution in [3.63, 3.8) is 0 Å². The molecule has 0 radical (unpaired) electrons. The number of ether oxygens (including phenoxy) is 2. The Morgan fingerprint density at radius 1 is 1.12 bits per heavy atom. The monoisotopic (exact) mass is 548 g/mol. The molecule has 2 aromatic rings. The third-order valence-corrected chi connectivity index (χ3v) is 6.98. The van der Waals surface area contributed by atoms with Crippen molar-refractivity contribution >= 4 is 28.6 Å². The molecule has 4 atom stereocenters. The minimum Gasteiger partial charge on any atom is -0.489 e. The first-order valence-corrected chi connectivity index (χ1v) is 12.6. The van der Waals surface area contributed by atoms with E-state index in [9.17, 15) is 9.90 Å². The summed E-state index contributed by atoms with van der Waals surface area (Å²) < 4.78 is 13.4. The molecule has 0 bridgehead atoms. The number of aliphatic hydroxyl groups excluding tert-OH is 1. The van der Waals surface area contributed by atoms with Crippen LogP contribution in [-0.2, 0) is 16.1 Å². The van der Waals surface area contributed by atoms with Crippen LogP contribution in [0.15, 0.2) is 64.3 Å². The number of carbonyl (C=O) groups is 1. The van der Waals surface area contributed by atoms with Crippen LogP contribution in [0, 0.1) is 17.8 Å². The fourth-order valence-corrected chi connectivity index (χ4v) is 4.93. The molecule has 1 aliphatic rings. The molecule has 0 amide bonds. The normalized spacial score (nSPS) is 22.4. The van der Waals surface area contributed by atoms with Gasteiger partial charge in [0.2, 0.25) is 0 Å². The molecule has 4 nitrogen and oxygen atoms in total. The zero-order valence-electron chi connectivity index (χ0n) is 19.0. The molecule has 1 N–H and O–H groups in total. The molecule has 0 saturated heterocycles. The van der Waals surface area contributed by atoms with Crippen molar-refractivity contribution in [2.24, 2.45) is 17.8 Å². The van der Waals surface area contributed by atoms with Gasteiger partial charge in [-0.05, 0) is 57.9 Å². The van der Waals surface area contributed by atoms with E-state index >= 15 is 0 Å². The summed E-state index contributed by atoms with van der Waals surface area (Å²) in [5, 5.41) is 10.9. The third-order valence-electron chi connectivity index (χ3n) is 6.31. The Hall–Kier alpha value is -1.86. The summed E-state index contributed by atoms with van der Waals surface area (Å²) in [6.45, 7) is 7.06. The summed E-state index contributed by atoms with van der Waals surface area (Å²) in [6.07, 6.45) is 1.99. The van der Waals surface area contributed by atoms with E-state index in [0.717, 1.165) is 18.4 Å². The van der Waals surface area contributed by atoms with Crippen LogP contribution >= 0.6 is 22.6 Å². The number of hydrogen-bond donors (Lipinski definition) is 1. The highest BCUT2D eigenvalue weighted by Crippen LogP contribution is 2.36. The van der Waals surface area contributed by atoms with Crippen molar-refractivity contribution < 1.29 is 19.4 Å². The Bertz CT molecular complexity index is 892. The summed E-state index contributed by atoms with van der Waals surface area (Å²) in [6, 6.07) is 17.2. The Labute approximate surface area is 205 Å². The van der Waals surface area contributed by atoms with E-state index < -0.39 is 12.1 Å². The molecule has 0 aromatic heterocycles. The SMILES string of the molecule is CC(C)[C@@H]1CC[C@@H](C)C[C@H]1OC(=O)/C(=C\I)[C@H](O)c1ccc(OCc2ccccc2)cc1. The Balaban J connectivity index is 1.63. The highest BCUT2D eigenvalue weighted by molar-refractivity contribution is 14.1. The quantitative estimate of drug-likeness (QED) is 0.229. The smallest absolute Gasteiger partial charge is 0.337 e. The first-order valence-electron chi connectivity index (χ1n) is 11.3. The second-order valence-corrected chi connectivity index (χ2v) is 9.70. The number of rotatable bonds is 8. The van der Waals surface area contributed by atoms with E-state index in [2.05, 4.69) is 20.8 Å². The largest absolute Gasteiger partial charge is 0.489 e. The minimum atomic E-state index is -1.04. The maximum atomic E-state index is 13.0. The zero-order valence-corrected chi connectivity index (χ0v) is 21.2. The molecule has 1 saturated carbocycles. The maximum Gasteiger partial charge on any atom is 0.337 e. The van der Waals surface area contributed by atoms with Crippen LogP contribution in [0.3, 0.4) is 0 Å². The molecule has 2 aromatic carbocycles. The molecular formula is C27H33IO4. The van der Waals surface area contributed by atoms with Crippen molar-refractivity contribution in [1.82, 2.24) is 0 Å². The standard InChI is InChI=1S/C27H33IO4/c1-18(2)23-14-9-19(3)15-25(23)32-27(30)24(16-28)26(29)21-10-12-22(13-11-21)31-17-20-7-5-4-6-8-20/h4-8,10-13,16,18-19,23,25-26,29H,9,14-15,17H2,1-3H3/b24-16-/t19-,23+,25-,26-/m1/s1. The van der Waals surface area contributed by atoms with Gasteiger partial charge in [-0.3, -0.25) is 0 Å². The molecular weight excluding hydrogens is 515 g/mol. The lowest BCUT2D eigenvalue weighted by molar-refractivity contribution is -0.152. The van der Waals surface area contributed by atoms with Gasteiger partial charge in [-0.2, -0.15) is 0 Å². The number of hydrogen-bond acceptors (Lipinski definition) is 4. The highest BCUT2D eigenvalue weighted by atomic mass is 127. The Morgan fingerprint density at radius 3 is 2.44 bits per heavy atom. The second kappa shape index (κ2) is 11.8. The van der Waals surface area contributed by atoms with Crippen LogP contribution in [-0.4, -0.2) is 17.2 Å². The van der Waals surface area contributed by atoms with Crippen LogP contribution in [0.5, 0.6) is 5.75 Å². The number of benzene rings is 2. The minimum absolute atomic E-state index is 0.0986. The fourth-order valence-electron chi connectivity index (χ4n) is 4.34. The number of esters is 1. The number of halogens is 1. The van der Waals surface area contributed by atoms with E-state index in [0.29, 0.717) is 35.7 Å². The summed E-state index contributed by atoms with van der Waals surface area (Å²) in [4.78, 5) is 13.0.